The second kappa shape index (κ2) is 10.2. The number of likely N-dealkylation sites (tertiary alicyclic amines) is 1. The maximum atomic E-state index is 14.0. The van der Waals surface area contributed by atoms with Crippen molar-refractivity contribution in [3.8, 4) is 23.2 Å². The van der Waals surface area contributed by atoms with Gasteiger partial charge in [0.15, 0.2) is 5.78 Å². The molecule has 0 aliphatic carbocycles. The first-order valence-electron chi connectivity index (χ1n) is 12.1. The number of ketones is 1. The Morgan fingerprint density at radius 2 is 1.92 bits per heavy atom. The summed E-state index contributed by atoms with van der Waals surface area (Å²) in [7, 11) is 0. The van der Waals surface area contributed by atoms with Gasteiger partial charge in [0.2, 0.25) is 0 Å². The molecule has 10 heteroatoms. The van der Waals surface area contributed by atoms with Crippen LogP contribution in [0.3, 0.4) is 0 Å². The summed E-state index contributed by atoms with van der Waals surface area (Å²) in [4.78, 5) is 27.8. The van der Waals surface area contributed by atoms with E-state index in [9.17, 15) is 22.4 Å². The second-order valence-corrected chi connectivity index (χ2v) is 8.97. The van der Waals surface area contributed by atoms with Crippen LogP contribution in [0.1, 0.15) is 58.9 Å². The van der Waals surface area contributed by atoms with Crippen LogP contribution in [0, 0.1) is 12.0 Å². The molecule has 1 fully saturated rings. The lowest BCUT2D eigenvalue weighted by atomic mass is 10.0. The van der Waals surface area contributed by atoms with Crippen LogP contribution in [0.4, 0.5) is 17.6 Å². The van der Waals surface area contributed by atoms with Crippen LogP contribution in [0.5, 0.6) is 0 Å². The summed E-state index contributed by atoms with van der Waals surface area (Å²) in [5, 5.41) is 0. The van der Waals surface area contributed by atoms with Crippen LogP contribution in [0.25, 0.3) is 16.8 Å². The molecular formula is C28H23F4N5O. The van der Waals surface area contributed by atoms with Gasteiger partial charge in [-0.1, -0.05) is 30.2 Å². The van der Waals surface area contributed by atoms with Crippen molar-refractivity contribution in [1.29, 1.82) is 0 Å². The van der Waals surface area contributed by atoms with Crippen LogP contribution in [0.2, 0.25) is 0 Å². The number of aromatic nitrogens is 4. The molecule has 3 aromatic heterocycles. The molecule has 1 saturated heterocycles. The van der Waals surface area contributed by atoms with E-state index in [1.165, 1.54) is 0 Å². The van der Waals surface area contributed by atoms with E-state index in [0.717, 1.165) is 43.5 Å². The summed E-state index contributed by atoms with van der Waals surface area (Å²) in [5.41, 5.74) is 1.51. The maximum absolute atomic E-state index is 14.0. The molecule has 0 N–H and O–H groups in total. The zero-order valence-corrected chi connectivity index (χ0v) is 20.5. The highest BCUT2D eigenvalue weighted by molar-refractivity contribution is 5.98. The molecule has 194 valence electrons. The average molecular weight is 522 g/mol. The number of Topliss-reactive ketones (excluding diaryl/α,β-unsaturated/α-hetero) is 1. The first kappa shape index (κ1) is 25.4. The van der Waals surface area contributed by atoms with Crippen molar-refractivity contribution in [2.75, 3.05) is 6.54 Å². The third kappa shape index (κ3) is 4.84. The Bertz CT molecular complexity index is 1550. The van der Waals surface area contributed by atoms with Gasteiger partial charge in [0, 0.05) is 48.0 Å². The van der Waals surface area contributed by atoms with Crippen LogP contribution >= 0.6 is 0 Å². The Morgan fingerprint density at radius 1 is 1.13 bits per heavy atom. The lowest BCUT2D eigenvalue weighted by Crippen LogP contribution is -2.19. The predicted molar refractivity (Wildman–Crippen MR) is 133 cm³/mol. The topological polar surface area (TPSA) is 63.4 Å². The SMILES string of the molecule is CC#CN1CCC[C@H]1c1nc(-c2ccc(C(=O)Cc3cc(C(F)(F)F)ccn3)cc2)c2c(CF)nccn12. The largest absolute Gasteiger partial charge is 0.416 e. The first-order valence-corrected chi connectivity index (χ1v) is 12.1. The Balaban J connectivity index is 1.47. The van der Waals surface area contributed by atoms with Crippen molar-refractivity contribution >= 4 is 11.3 Å². The summed E-state index contributed by atoms with van der Waals surface area (Å²) in [6.45, 7) is 1.82. The van der Waals surface area contributed by atoms with E-state index in [2.05, 4.69) is 21.9 Å². The van der Waals surface area contributed by atoms with Crippen molar-refractivity contribution in [1.82, 2.24) is 24.3 Å². The van der Waals surface area contributed by atoms with E-state index >= 15 is 0 Å². The number of halogens is 4. The minimum Gasteiger partial charge on any atom is -0.322 e. The molecule has 4 heterocycles. The van der Waals surface area contributed by atoms with Crippen molar-refractivity contribution < 1.29 is 22.4 Å². The molecule has 1 aromatic carbocycles. The molecule has 0 unspecified atom stereocenters. The number of imidazole rings is 1. The molecule has 0 saturated carbocycles. The molecule has 0 radical (unpaired) electrons. The monoisotopic (exact) mass is 521 g/mol. The number of fused-ring (bicyclic) bond motifs is 1. The fourth-order valence-electron chi connectivity index (χ4n) is 4.81. The van der Waals surface area contributed by atoms with Gasteiger partial charge in [0.1, 0.15) is 12.5 Å². The average Bonchev–Trinajstić information content (AvgIpc) is 3.53. The van der Waals surface area contributed by atoms with Gasteiger partial charge >= 0.3 is 6.18 Å². The van der Waals surface area contributed by atoms with Gasteiger partial charge in [0.05, 0.1) is 34.9 Å². The summed E-state index contributed by atoms with van der Waals surface area (Å²) in [6, 6.07) is 11.4. The van der Waals surface area contributed by atoms with E-state index in [1.807, 2.05) is 9.30 Å². The Labute approximate surface area is 216 Å². The van der Waals surface area contributed by atoms with Gasteiger partial charge in [-0.3, -0.25) is 19.2 Å². The number of carbonyl (C=O) groups excluding carboxylic acids is 1. The Kier molecular flexibility index (Phi) is 6.85. The fraction of sp³-hybridized carbons (Fsp3) is 0.286. The van der Waals surface area contributed by atoms with E-state index < -0.39 is 18.4 Å². The van der Waals surface area contributed by atoms with Crippen molar-refractivity contribution in [3.05, 3.63) is 83.3 Å². The number of rotatable bonds is 6. The number of hydrogen-bond acceptors (Lipinski definition) is 5. The lowest BCUT2D eigenvalue weighted by molar-refractivity contribution is -0.137. The van der Waals surface area contributed by atoms with Gasteiger partial charge in [-0.25, -0.2) is 9.37 Å². The summed E-state index contributed by atoms with van der Waals surface area (Å²) >= 11 is 0. The number of carbonyl (C=O) groups is 1. The molecule has 1 aliphatic heterocycles. The van der Waals surface area contributed by atoms with E-state index in [-0.39, 0.29) is 29.6 Å². The van der Waals surface area contributed by atoms with Gasteiger partial charge in [-0.15, -0.1) is 0 Å². The third-order valence-electron chi connectivity index (χ3n) is 6.56. The predicted octanol–water partition coefficient (Wildman–Crippen LogP) is 5.82. The van der Waals surface area contributed by atoms with Crippen LogP contribution in [0.15, 0.2) is 55.0 Å². The molecular weight excluding hydrogens is 498 g/mol. The maximum Gasteiger partial charge on any atom is 0.416 e. The van der Waals surface area contributed by atoms with Crippen molar-refractivity contribution in [2.24, 2.45) is 0 Å². The smallest absolute Gasteiger partial charge is 0.322 e. The number of nitrogens with zero attached hydrogens (tertiary/aromatic N) is 5. The van der Waals surface area contributed by atoms with E-state index in [0.29, 0.717) is 22.3 Å². The van der Waals surface area contributed by atoms with Gasteiger partial charge < -0.3 is 4.90 Å². The Morgan fingerprint density at radius 3 is 2.63 bits per heavy atom. The second-order valence-electron chi connectivity index (χ2n) is 8.97. The Hall–Kier alpha value is -4.26. The molecule has 6 nitrogen and oxygen atoms in total. The molecule has 0 amide bonds. The van der Waals surface area contributed by atoms with Crippen LogP contribution in [-0.2, 0) is 19.3 Å². The summed E-state index contributed by atoms with van der Waals surface area (Å²) in [5.74, 6) is 3.31. The van der Waals surface area contributed by atoms with E-state index in [1.54, 1.807) is 43.6 Å². The molecule has 1 aliphatic rings. The molecule has 1 atom stereocenters. The van der Waals surface area contributed by atoms with Gasteiger partial charge in [-0.2, -0.15) is 13.2 Å². The first-order chi connectivity index (χ1) is 18.3. The third-order valence-corrected chi connectivity index (χ3v) is 6.56. The molecule has 38 heavy (non-hydrogen) atoms. The quantitative estimate of drug-likeness (QED) is 0.182. The fourth-order valence-corrected chi connectivity index (χ4v) is 4.81. The lowest BCUT2D eigenvalue weighted by Gasteiger charge is -2.19. The highest BCUT2D eigenvalue weighted by Gasteiger charge is 2.31. The van der Waals surface area contributed by atoms with E-state index in [4.69, 9.17) is 4.98 Å². The van der Waals surface area contributed by atoms with Crippen LogP contribution in [-0.4, -0.2) is 36.6 Å². The van der Waals surface area contributed by atoms with Crippen molar-refractivity contribution in [2.45, 2.75) is 45.1 Å². The highest BCUT2D eigenvalue weighted by atomic mass is 19.4. The minimum atomic E-state index is -4.51. The minimum absolute atomic E-state index is 0.0357. The summed E-state index contributed by atoms with van der Waals surface area (Å²) in [6.07, 6.45) is 1.39. The number of alkyl halides is 4. The highest BCUT2D eigenvalue weighted by Crippen LogP contribution is 2.36. The van der Waals surface area contributed by atoms with Crippen molar-refractivity contribution in [3.63, 3.8) is 0 Å². The number of benzene rings is 1. The standard InChI is InChI=1S/C28H23F4N5O/c1-2-12-36-13-3-4-23(36)27-35-25(26-22(17-29)34-11-14-37(26)27)19-7-5-18(6-8-19)24(38)16-21-15-20(9-10-33-21)28(30,31)32/h5-11,14-15,23H,3-4,13,16-17H2,1H3/t23-/m0/s1. The van der Waals surface area contributed by atoms with Gasteiger partial charge in [0.25, 0.3) is 0 Å². The van der Waals surface area contributed by atoms with Gasteiger partial charge in [-0.05, 0) is 31.9 Å². The molecule has 0 spiro atoms. The molecule has 5 rings (SSSR count). The molecule has 0 bridgehead atoms. The zero-order valence-electron chi connectivity index (χ0n) is 20.5. The van der Waals surface area contributed by atoms with Crippen LogP contribution < -0.4 is 0 Å². The molecule has 4 aromatic rings. The zero-order chi connectivity index (χ0) is 26.9. The normalized spacial score (nSPS) is 15.5. The number of hydrogen-bond donors (Lipinski definition) is 0. The number of pyridine rings is 1. The summed E-state index contributed by atoms with van der Waals surface area (Å²) < 4.78 is 54.8.